The van der Waals surface area contributed by atoms with Crippen LogP contribution in [0.15, 0.2) is 58.2 Å². The van der Waals surface area contributed by atoms with Gasteiger partial charge in [0.25, 0.3) is 0 Å². The molecular formula is C19H19BrN4O. The lowest BCUT2D eigenvalue weighted by Gasteiger charge is -2.11. The molecule has 1 heterocycles. The fourth-order valence-electron chi connectivity index (χ4n) is 2.40. The summed E-state index contributed by atoms with van der Waals surface area (Å²) in [5, 5.41) is 4.37. The van der Waals surface area contributed by atoms with Crippen LogP contribution in [0, 0.1) is 13.8 Å². The highest BCUT2D eigenvalue weighted by atomic mass is 79.9. The van der Waals surface area contributed by atoms with Gasteiger partial charge in [0.05, 0.1) is 18.1 Å². The number of benzene rings is 2. The summed E-state index contributed by atoms with van der Waals surface area (Å²) in [6.45, 7) is 4.45. The second kappa shape index (κ2) is 7.53. The normalized spacial score (nSPS) is 11.2. The molecule has 0 amide bonds. The van der Waals surface area contributed by atoms with E-state index in [1.165, 1.54) is 5.56 Å². The number of nitrogen functional groups attached to an aromatic ring is 1. The highest BCUT2D eigenvalue weighted by molar-refractivity contribution is 9.10. The number of aryl methyl sites for hydroxylation is 2. The number of imidazole rings is 1. The van der Waals surface area contributed by atoms with Gasteiger partial charge in [0.1, 0.15) is 12.4 Å². The molecular weight excluding hydrogens is 380 g/mol. The number of rotatable bonds is 5. The predicted molar refractivity (Wildman–Crippen MR) is 104 cm³/mol. The van der Waals surface area contributed by atoms with Gasteiger partial charge in [-0.05, 0) is 43.2 Å². The SMILES string of the molecule is Cc1cn(N=Cc2cc(Br)ccc2OCc2ccccc2C)c(N)n1. The Morgan fingerprint density at radius 2 is 2.04 bits per heavy atom. The molecule has 2 aromatic carbocycles. The maximum absolute atomic E-state index is 6.01. The summed E-state index contributed by atoms with van der Waals surface area (Å²) in [5.41, 5.74) is 9.86. The van der Waals surface area contributed by atoms with Gasteiger partial charge in [-0.15, -0.1) is 0 Å². The van der Waals surface area contributed by atoms with E-state index in [1.54, 1.807) is 17.1 Å². The Labute approximate surface area is 155 Å². The summed E-state index contributed by atoms with van der Waals surface area (Å²) in [5.74, 6) is 1.11. The Morgan fingerprint density at radius 1 is 1.24 bits per heavy atom. The quantitative estimate of drug-likeness (QED) is 0.651. The highest BCUT2D eigenvalue weighted by Crippen LogP contribution is 2.23. The van der Waals surface area contributed by atoms with E-state index in [4.69, 9.17) is 10.5 Å². The van der Waals surface area contributed by atoms with Gasteiger partial charge in [-0.1, -0.05) is 40.2 Å². The van der Waals surface area contributed by atoms with Crippen molar-refractivity contribution < 1.29 is 4.74 Å². The van der Waals surface area contributed by atoms with Crippen LogP contribution in [-0.4, -0.2) is 15.9 Å². The van der Waals surface area contributed by atoms with Crippen LogP contribution in [0.5, 0.6) is 5.75 Å². The number of nitrogens with zero attached hydrogens (tertiary/aromatic N) is 3. The molecule has 0 spiro atoms. The average molecular weight is 399 g/mol. The van der Waals surface area contributed by atoms with Crippen LogP contribution < -0.4 is 10.5 Å². The Balaban J connectivity index is 1.83. The molecule has 0 bridgehead atoms. The third-order valence-corrected chi connectivity index (χ3v) is 4.27. The molecule has 3 rings (SSSR count). The predicted octanol–water partition coefficient (Wildman–Crippen LogP) is 4.31. The summed E-state index contributed by atoms with van der Waals surface area (Å²) in [7, 11) is 0. The first-order chi connectivity index (χ1) is 12.0. The monoisotopic (exact) mass is 398 g/mol. The van der Waals surface area contributed by atoms with Gasteiger partial charge in [-0.3, -0.25) is 0 Å². The lowest BCUT2D eigenvalue weighted by molar-refractivity contribution is 0.305. The molecule has 0 saturated carbocycles. The molecule has 2 N–H and O–H groups in total. The van der Waals surface area contributed by atoms with E-state index in [0.29, 0.717) is 12.6 Å². The third-order valence-electron chi connectivity index (χ3n) is 3.77. The lowest BCUT2D eigenvalue weighted by atomic mass is 10.1. The molecule has 0 fully saturated rings. The summed E-state index contributed by atoms with van der Waals surface area (Å²) < 4.78 is 8.51. The topological polar surface area (TPSA) is 65.4 Å². The van der Waals surface area contributed by atoms with Crippen LogP contribution in [0.3, 0.4) is 0 Å². The van der Waals surface area contributed by atoms with Crippen LogP contribution >= 0.6 is 15.9 Å². The number of hydrogen-bond acceptors (Lipinski definition) is 4. The largest absolute Gasteiger partial charge is 0.488 e. The van der Waals surface area contributed by atoms with E-state index in [2.05, 4.69) is 45.1 Å². The van der Waals surface area contributed by atoms with Crippen LogP contribution in [0.1, 0.15) is 22.4 Å². The van der Waals surface area contributed by atoms with Gasteiger partial charge in [0, 0.05) is 10.0 Å². The third kappa shape index (κ3) is 4.28. The zero-order valence-corrected chi connectivity index (χ0v) is 15.7. The Bertz CT molecular complexity index is 918. The van der Waals surface area contributed by atoms with Gasteiger partial charge in [-0.25, -0.2) is 9.66 Å². The van der Waals surface area contributed by atoms with Crippen molar-refractivity contribution >= 4 is 28.1 Å². The Morgan fingerprint density at radius 3 is 2.76 bits per heavy atom. The van der Waals surface area contributed by atoms with Crippen LogP contribution in [0.2, 0.25) is 0 Å². The number of nitrogens with two attached hydrogens (primary N) is 1. The molecule has 0 radical (unpaired) electrons. The summed E-state index contributed by atoms with van der Waals surface area (Å²) in [6, 6.07) is 14.0. The van der Waals surface area contributed by atoms with E-state index in [1.807, 2.05) is 37.3 Å². The first kappa shape index (κ1) is 17.2. The maximum atomic E-state index is 6.01. The van der Waals surface area contributed by atoms with Crippen molar-refractivity contribution in [2.75, 3.05) is 5.73 Å². The van der Waals surface area contributed by atoms with Crippen LogP contribution in [0.4, 0.5) is 5.95 Å². The van der Waals surface area contributed by atoms with Gasteiger partial charge in [0.15, 0.2) is 0 Å². The molecule has 0 saturated heterocycles. The minimum Gasteiger partial charge on any atom is -0.488 e. The maximum Gasteiger partial charge on any atom is 0.221 e. The molecule has 3 aromatic rings. The Kier molecular flexibility index (Phi) is 5.19. The van der Waals surface area contributed by atoms with Crippen molar-refractivity contribution in [3.05, 3.63) is 75.5 Å². The molecule has 6 heteroatoms. The molecule has 0 aliphatic rings. The van der Waals surface area contributed by atoms with Crippen LogP contribution in [-0.2, 0) is 6.61 Å². The molecule has 25 heavy (non-hydrogen) atoms. The van der Waals surface area contributed by atoms with E-state index >= 15 is 0 Å². The number of hydrogen-bond donors (Lipinski definition) is 1. The summed E-state index contributed by atoms with van der Waals surface area (Å²) in [4.78, 5) is 4.14. The minimum atomic E-state index is 0.353. The van der Waals surface area contributed by atoms with Crippen molar-refractivity contribution in [1.29, 1.82) is 0 Å². The Hall–Kier alpha value is -2.60. The molecule has 1 aromatic heterocycles. The van der Waals surface area contributed by atoms with E-state index in [9.17, 15) is 0 Å². The first-order valence-electron chi connectivity index (χ1n) is 7.85. The smallest absolute Gasteiger partial charge is 0.221 e. The second-order valence-corrected chi connectivity index (χ2v) is 6.64. The van der Waals surface area contributed by atoms with Gasteiger partial charge in [0.2, 0.25) is 5.95 Å². The average Bonchev–Trinajstić information content (AvgIpc) is 2.91. The van der Waals surface area contributed by atoms with E-state index in [0.717, 1.165) is 27.0 Å². The van der Waals surface area contributed by atoms with Crippen molar-refractivity contribution in [2.24, 2.45) is 5.10 Å². The van der Waals surface area contributed by atoms with Gasteiger partial charge < -0.3 is 10.5 Å². The molecule has 0 aliphatic carbocycles. The molecule has 128 valence electrons. The van der Waals surface area contributed by atoms with Gasteiger partial charge in [-0.2, -0.15) is 5.10 Å². The fraction of sp³-hybridized carbons (Fsp3) is 0.158. The molecule has 0 aliphatic heterocycles. The minimum absolute atomic E-state index is 0.353. The number of aromatic nitrogens is 2. The zero-order chi connectivity index (χ0) is 17.8. The number of ether oxygens (including phenoxy) is 1. The molecule has 5 nitrogen and oxygen atoms in total. The second-order valence-electron chi connectivity index (χ2n) is 5.73. The van der Waals surface area contributed by atoms with Gasteiger partial charge >= 0.3 is 0 Å². The summed E-state index contributed by atoms with van der Waals surface area (Å²) >= 11 is 3.49. The molecule has 0 atom stereocenters. The van der Waals surface area contributed by atoms with Crippen molar-refractivity contribution in [1.82, 2.24) is 9.66 Å². The zero-order valence-electron chi connectivity index (χ0n) is 14.1. The number of anilines is 1. The lowest BCUT2D eigenvalue weighted by Crippen LogP contribution is -2.01. The number of halogens is 1. The summed E-state index contributed by atoms with van der Waals surface area (Å²) in [6.07, 6.45) is 3.49. The van der Waals surface area contributed by atoms with Crippen molar-refractivity contribution in [3.8, 4) is 5.75 Å². The highest BCUT2D eigenvalue weighted by Gasteiger charge is 2.06. The van der Waals surface area contributed by atoms with E-state index in [-0.39, 0.29) is 0 Å². The standard InChI is InChI=1S/C19H19BrN4O/c1-13-5-3-4-6-15(13)12-25-18-8-7-17(20)9-16(18)10-22-24-11-14(2)23-19(24)21/h3-11H,12H2,1-2H3,(H2,21,23). The first-order valence-corrected chi connectivity index (χ1v) is 8.65. The van der Waals surface area contributed by atoms with E-state index < -0.39 is 0 Å². The molecule has 0 unspecified atom stereocenters. The van der Waals surface area contributed by atoms with Crippen molar-refractivity contribution in [3.63, 3.8) is 0 Å². The fourth-order valence-corrected chi connectivity index (χ4v) is 2.78. The van der Waals surface area contributed by atoms with Crippen LogP contribution in [0.25, 0.3) is 0 Å². The van der Waals surface area contributed by atoms with Crippen molar-refractivity contribution in [2.45, 2.75) is 20.5 Å².